The number of hydrogen-bond acceptors (Lipinski definition) is 4. The fourth-order valence-corrected chi connectivity index (χ4v) is 34.6. The van der Waals surface area contributed by atoms with Crippen LogP contribution in [0.3, 0.4) is 0 Å². The molecule has 284 valence electrons. The maximum absolute atomic E-state index is 5.31. The topological polar surface area (TPSA) is 61.7 Å². The molecule has 0 saturated carbocycles. The minimum absolute atomic E-state index is 0. The van der Waals surface area contributed by atoms with Gasteiger partial charge in [0.25, 0.3) is 0 Å². The summed E-state index contributed by atoms with van der Waals surface area (Å²) in [6, 6.07) is -3.67. The van der Waals surface area contributed by atoms with Crippen LogP contribution in [0.15, 0.2) is 9.49 Å². The number of nitrogens with zero attached hydrogens (tertiary/aromatic N) is 6. The monoisotopic (exact) mass is 912 g/mol. The van der Waals surface area contributed by atoms with Crippen molar-refractivity contribution in [3.63, 3.8) is 0 Å². The van der Waals surface area contributed by atoms with Crippen LogP contribution in [0.1, 0.15) is 166 Å². The van der Waals surface area contributed by atoms with Gasteiger partial charge in [-0.25, -0.2) is 0 Å². The zero-order chi connectivity index (χ0) is 37.3. The molecule has 8 nitrogen and oxygen atoms in total. The van der Waals surface area contributed by atoms with Crippen LogP contribution in [-0.2, 0) is 16.5 Å². The predicted molar refractivity (Wildman–Crippen MR) is 216 cm³/mol. The van der Waals surface area contributed by atoms with Crippen molar-refractivity contribution in [3.05, 3.63) is 0 Å². The Morgan fingerprint density at radius 3 is 0.681 bits per heavy atom. The van der Waals surface area contributed by atoms with E-state index in [2.05, 4.69) is 225 Å². The summed E-state index contributed by atoms with van der Waals surface area (Å²) in [6.07, 6.45) is 0. The van der Waals surface area contributed by atoms with Crippen LogP contribution in [-0.4, -0.2) is 93.2 Å². The average Bonchev–Trinajstić information content (AvgIpc) is 2.56. The van der Waals surface area contributed by atoms with Gasteiger partial charge in [-0.1, -0.05) is 0 Å². The third-order valence-corrected chi connectivity index (χ3v) is 30.9. The molecule has 0 atom stereocenters. The zero-order valence-electron chi connectivity index (χ0n) is 34.6. The van der Waals surface area contributed by atoms with E-state index in [0.717, 1.165) is 0 Å². The first-order valence-electron chi connectivity index (χ1n) is 16.7. The van der Waals surface area contributed by atoms with Crippen LogP contribution in [0, 0.1) is 0 Å². The summed E-state index contributed by atoms with van der Waals surface area (Å²) in [7, 11) is -1.18. The average molecular weight is 912 g/mol. The SMILES string of the molecule is CC(C)(C)N=P1([Se-])N(C(C)(C)C)P(NC(C)(C)C)N1C(C)(C)C.CC(C)(C)N=P1([Se-])N(C(C)(C)C)P(NC(C)(C)C)N1C(C)(C)C.[Ni+2]. The Morgan fingerprint density at radius 1 is 0.404 bits per heavy atom. The zero-order valence-corrected chi connectivity index (χ0v) is 42.6. The Hall–Kier alpha value is 2.61. The largest absolute Gasteiger partial charge is 2.00 e. The minimum Gasteiger partial charge on any atom is 2.00 e. The Morgan fingerprint density at radius 2 is 0.574 bits per heavy atom. The summed E-state index contributed by atoms with van der Waals surface area (Å²) >= 11 is 7.10. The second-order valence-corrected chi connectivity index (χ2v) is 35.4. The van der Waals surface area contributed by atoms with Gasteiger partial charge in [-0.15, -0.1) is 0 Å². The molecule has 0 aliphatic carbocycles. The van der Waals surface area contributed by atoms with Gasteiger partial charge in [0, 0.05) is 0 Å². The normalized spacial score (nSPS) is 28.0. The van der Waals surface area contributed by atoms with E-state index in [9.17, 15) is 0 Å². The van der Waals surface area contributed by atoms with E-state index in [1.165, 1.54) is 0 Å². The molecule has 0 aromatic rings. The first-order chi connectivity index (χ1) is 19.6. The van der Waals surface area contributed by atoms with Gasteiger partial charge in [-0.2, -0.15) is 0 Å². The Balaban J connectivity index is 0.000000882. The molecule has 47 heavy (non-hydrogen) atoms. The number of nitrogens with one attached hydrogen (secondary N) is 2. The molecule has 0 aromatic heterocycles. The second kappa shape index (κ2) is 15.4. The summed E-state index contributed by atoms with van der Waals surface area (Å²) in [4.78, 5) is 0. The molecule has 2 heterocycles. The summed E-state index contributed by atoms with van der Waals surface area (Å²) < 4.78 is 21.2. The summed E-state index contributed by atoms with van der Waals surface area (Å²) in [5.74, 6) is 0. The smallest absolute Gasteiger partial charge is 2.00 e. The third kappa shape index (κ3) is 13.5. The van der Waals surface area contributed by atoms with Crippen molar-refractivity contribution in [1.82, 2.24) is 27.9 Å². The molecule has 0 bridgehead atoms. The van der Waals surface area contributed by atoms with Crippen molar-refractivity contribution in [1.29, 1.82) is 0 Å². The van der Waals surface area contributed by atoms with E-state index in [4.69, 9.17) is 9.49 Å². The van der Waals surface area contributed by atoms with Crippen molar-refractivity contribution >= 4 is 60.0 Å². The molecule has 0 radical (unpaired) electrons. The van der Waals surface area contributed by atoms with Crippen molar-refractivity contribution in [2.45, 2.75) is 210 Å². The van der Waals surface area contributed by atoms with Gasteiger partial charge in [0.1, 0.15) is 0 Å². The molecule has 2 fully saturated rings. The van der Waals surface area contributed by atoms with E-state index in [1.54, 1.807) is 0 Å². The maximum Gasteiger partial charge on any atom is 2.00 e. The molecule has 15 heteroatoms. The van der Waals surface area contributed by atoms with Crippen molar-refractivity contribution in [2.24, 2.45) is 9.49 Å². The molecular formula is C32H74N8NiP4Se2. The number of hydrogen-bond donors (Lipinski definition) is 2. The molecule has 2 saturated heterocycles. The maximum atomic E-state index is 5.31. The van der Waals surface area contributed by atoms with E-state index in [-0.39, 0.29) is 60.8 Å². The van der Waals surface area contributed by atoms with Crippen LogP contribution in [0.5, 0.6) is 0 Å². The van der Waals surface area contributed by atoms with Gasteiger partial charge in [0.15, 0.2) is 0 Å². The van der Waals surface area contributed by atoms with Crippen LogP contribution < -0.4 is 10.2 Å². The van der Waals surface area contributed by atoms with Crippen molar-refractivity contribution in [3.8, 4) is 0 Å². The van der Waals surface area contributed by atoms with E-state index in [0.29, 0.717) is 0 Å². The van der Waals surface area contributed by atoms with Gasteiger partial charge < -0.3 is 0 Å². The molecule has 0 spiro atoms. The Labute approximate surface area is 322 Å². The van der Waals surface area contributed by atoms with Gasteiger partial charge >= 0.3 is 324 Å². The molecule has 0 unspecified atom stereocenters. The van der Waals surface area contributed by atoms with Gasteiger partial charge in [0.05, 0.1) is 0 Å². The summed E-state index contributed by atoms with van der Waals surface area (Å²) in [6.45, 7) is 54.3. The third-order valence-electron chi connectivity index (χ3n) is 5.84. The van der Waals surface area contributed by atoms with Crippen molar-refractivity contribution < 1.29 is 16.5 Å². The molecule has 2 rings (SSSR count). The molecular weight excluding hydrogens is 837 g/mol. The molecule has 2 aliphatic heterocycles. The Bertz CT molecular complexity index is 1030. The van der Waals surface area contributed by atoms with E-state index < -0.39 is 28.8 Å². The van der Waals surface area contributed by atoms with Gasteiger partial charge in [-0.3, -0.25) is 0 Å². The van der Waals surface area contributed by atoms with Crippen molar-refractivity contribution in [2.75, 3.05) is 0 Å². The van der Waals surface area contributed by atoms with E-state index in [1.807, 2.05) is 0 Å². The number of rotatable bonds is 2. The second-order valence-electron chi connectivity index (χ2n) is 20.7. The van der Waals surface area contributed by atoms with Crippen LogP contribution >= 0.6 is 28.8 Å². The first kappa shape index (κ1) is 49.6. The standard InChI is InChI=1S/2C16H37N4P2Se.Ni/c2*1-13(2,3)17-21-19(15(7,8)9)22(23,18-14(4,5)6)20(21)16(10,11)12;/h2*17H,1-12H3;/q2*-1;+2. The predicted octanol–water partition coefficient (Wildman–Crippen LogP) is 11.5. The van der Waals surface area contributed by atoms with Gasteiger partial charge in [0.2, 0.25) is 0 Å². The Kier molecular flexibility index (Phi) is 16.2. The summed E-state index contributed by atoms with van der Waals surface area (Å²) in [5, 5.41) is 7.75. The van der Waals surface area contributed by atoms with Gasteiger partial charge in [-0.05, 0) is 0 Å². The van der Waals surface area contributed by atoms with Crippen LogP contribution in [0.25, 0.3) is 0 Å². The van der Waals surface area contributed by atoms with Crippen LogP contribution in [0.2, 0.25) is 0 Å². The van der Waals surface area contributed by atoms with Crippen LogP contribution in [0.4, 0.5) is 0 Å². The fraction of sp³-hybridized carbons (Fsp3) is 1.00. The first-order valence-corrected chi connectivity index (χ1v) is 26.9. The van der Waals surface area contributed by atoms with E-state index >= 15 is 0 Å². The molecule has 0 aromatic carbocycles. The molecule has 2 aliphatic rings. The quantitative estimate of drug-likeness (QED) is 0.213. The fourth-order valence-electron chi connectivity index (χ4n) is 5.14. The minimum atomic E-state index is -1.84. The summed E-state index contributed by atoms with van der Waals surface area (Å²) in [5.41, 5.74) is 0.305. The molecule has 0 amide bonds. The molecule has 2 N–H and O–H groups in total.